The highest BCUT2D eigenvalue weighted by Crippen LogP contribution is 2.12. The highest BCUT2D eigenvalue weighted by Gasteiger charge is 2.10. The Morgan fingerprint density at radius 3 is 2.76 bits per heavy atom. The Labute approximate surface area is 122 Å². The van der Waals surface area contributed by atoms with E-state index in [-0.39, 0.29) is 11.9 Å². The lowest BCUT2D eigenvalue weighted by molar-refractivity contribution is 0.102. The van der Waals surface area contributed by atoms with Gasteiger partial charge in [0.2, 0.25) is 11.8 Å². The first kappa shape index (κ1) is 14.7. The Balaban J connectivity index is 2.12. The van der Waals surface area contributed by atoms with Crippen LogP contribution in [0.25, 0.3) is 0 Å². The van der Waals surface area contributed by atoms with Gasteiger partial charge in [-0.3, -0.25) is 10.1 Å². The number of ether oxygens (including phenoxy) is 1. The number of pyridine rings is 1. The maximum absolute atomic E-state index is 12.1. The fourth-order valence-corrected chi connectivity index (χ4v) is 1.69. The molecule has 0 atom stereocenters. The molecule has 2 heterocycles. The van der Waals surface area contributed by atoms with Gasteiger partial charge in [0.25, 0.3) is 5.91 Å². The van der Waals surface area contributed by atoms with E-state index in [1.165, 1.54) is 13.3 Å². The Bertz CT molecular complexity index is 628. The number of nitrogens with zero attached hydrogens (tertiary/aromatic N) is 3. The minimum absolute atomic E-state index is 0.201. The fraction of sp³-hybridized carbons (Fsp3) is 0.286. The molecule has 2 N–H and O–H groups in total. The van der Waals surface area contributed by atoms with Crippen molar-refractivity contribution in [2.24, 2.45) is 0 Å². The van der Waals surface area contributed by atoms with Gasteiger partial charge in [-0.1, -0.05) is 0 Å². The molecule has 2 aromatic heterocycles. The number of amides is 1. The molecular formula is C14H17N5O2. The van der Waals surface area contributed by atoms with Gasteiger partial charge in [-0.05, 0) is 26.0 Å². The summed E-state index contributed by atoms with van der Waals surface area (Å²) in [4.78, 5) is 24.5. The zero-order chi connectivity index (χ0) is 15.2. The predicted octanol–water partition coefficient (Wildman–Crippen LogP) is 1.87. The van der Waals surface area contributed by atoms with Crippen molar-refractivity contribution in [1.82, 2.24) is 15.0 Å². The van der Waals surface area contributed by atoms with Crippen LogP contribution in [0.4, 0.5) is 11.8 Å². The highest BCUT2D eigenvalue weighted by molar-refractivity contribution is 6.03. The summed E-state index contributed by atoms with van der Waals surface area (Å²) in [6.07, 6.45) is 1.50. The van der Waals surface area contributed by atoms with Crippen LogP contribution in [0.2, 0.25) is 0 Å². The Morgan fingerprint density at radius 1 is 1.33 bits per heavy atom. The topological polar surface area (TPSA) is 89.0 Å². The third-order valence-electron chi connectivity index (χ3n) is 2.65. The minimum atomic E-state index is -0.321. The van der Waals surface area contributed by atoms with Gasteiger partial charge >= 0.3 is 0 Å². The highest BCUT2D eigenvalue weighted by atomic mass is 16.5. The number of carbonyl (C=O) groups is 1. The van der Waals surface area contributed by atoms with Crippen molar-refractivity contribution in [2.45, 2.75) is 13.8 Å². The first-order chi connectivity index (χ1) is 10.1. The van der Waals surface area contributed by atoms with Crippen molar-refractivity contribution < 1.29 is 9.53 Å². The second-order valence-corrected chi connectivity index (χ2v) is 4.29. The molecule has 1 amide bonds. The Hall–Kier alpha value is -2.70. The van der Waals surface area contributed by atoms with Crippen molar-refractivity contribution in [1.29, 1.82) is 0 Å². The van der Waals surface area contributed by atoms with Gasteiger partial charge in [0.05, 0.1) is 12.7 Å². The van der Waals surface area contributed by atoms with Crippen LogP contribution in [-0.2, 0) is 0 Å². The number of hydrogen-bond acceptors (Lipinski definition) is 6. The summed E-state index contributed by atoms with van der Waals surface area (Å²) < 4.78 is 5.04. The molecular weight excluding hydrogens is 270 g/mol. The van der Waals surface area contributed by atoms with Gasteiger partial charge in [-0.2, -0.15) is 4.98 Å². The van der Waals surface area contributed by atoms with E-state index in [1.807, 2.05) is 6.92 Å². The van der Waals surface area contributed by atoms with Crippen LogP contribution < -0.4 is 15.4 Å². The minimum Gasteiger partial charge on any atom is -0.481 e. The van der Waals surface area contributed by atoms with E-state index in [4.69, 9.17) is 4.74 Å². The van der Waals surface area contributed by atoms with Gasteiger partial charge in [0, 0.05) is 24.5 Å². The monoisotopic (exact) mass is 287 g/mol. The van der Waals surface area contributed by atoms with E-state index in [9.17, 15) is 4.79 Å². The van der Waals surface area contributed by atoms with Crippen molar-refractivity contribution in [3.8, 4) is 5.88 Å². The molecule has 0 bridgehead atoms. The summed E-state index contributed by atoms with van der Waals surface area (Å²) in [6.45, 7) is 4.55. The van der Waals surface area contributed by atoms with Crippen LogP contribution in [0, 0.1) is 6.92 Å². The summed E-state index contributed by atoms with van der Waals surface area (Å²) in [5.41, 5.74) is 1.14. The van der Waals surface area contributed by atoms with Crippen molar-refractivity contribution in [2.75, 3.05) is 24.3 Å². The van der Waals surface area contributed by atoms with Gasteiger partial charge < -0.3 is 10.1 Å². The van der Waals surface area contributed by atoms with Crippen LogP contribution in [0.15, 0.2) is 24.4 Å². The molecule has 2 rings (SSSR count). The molecule has 7 heteroatoms. The molecule has 0 fully saturated rings. The van der Waals surface area contributed by atoms with E-state index in [2.05, 4.69) is 25.6 Å². The first-order valence-electron chi connectivity index (χ1n) is 6.53. The molecule has 0 saturated carbocycles. The zero-order valence-corrected chi connectivity index (χ0v) is 12.2. The lowest BCUT2D eigenvalue weighted by atomic mass is 10.2. The average Bonchev–Trinajstić information content (AvgIpc) is 2.47. The number of anilines is 2. The molecule has 0 unspecified atom stereocenters. The molecule has 0 aromatic carbocycles. The molecule has 0 spiro atoms. The molecule has 0 radical (unpaired) electrons. The number of rotatable bonds is 5. The summed E-state index contributed by atoms with van der Waals surface area (Å²) in [5, 5.41) is 5.69. The largest absolute Gasteiger partial charge is 0.481 e. The normalized spacial score (nSPS) is 10.0. The van der Waals surface area contributed by atoms with E-state index in [1.54, 1.807) is 25.1 Å². The number of aryl methyl sites for hydroxylation is 1. The van der Waals surface area contributed by atoms with Crippen LogP contribution in [0.3, 0.4) is 0 Å². The van der Waals surface area contributed by atoms with Gasteiger partial charge in [-0.15, -0.1) is 0 Å². The number of aromatic nitrogens is 3. The summed E-state index contributed by atoms with van der Waals surface area (Å²) >= 11 is 0. The maximum Gasteiger partial charge on any atom is 0.259 e. The molecule has 21 heavy (non-hydrogen) atoms. The quantitative estimate of drug-likeness (QED) is 0.872. The standard InChI is InChI=1S/C14H17N5O2/c1-4-15-11-6-5-10(8-16-11)13(20)19-14-17-9(2)7-12(18-14)21-3/h5-8H,4H2,1-3H3,(H,15,16)(H,17,18,19,20). The van der Waals surface area contributed by atoms with Crippen LogP contribution >= 0.6 is 0 Å². The van der Waals surface area contributed by atoms with Crippen molar-refractivity contribution in [3.05, 3.63) is 35.7 Å². The summed E-state index contributed by atoms with van der Waals surface area (Å²) in [7, 11) is 1.51. The molecule has 0 aliphatic heterocycles. The zero-order valence-electron chi connectivity index (χ0n) is 12.2. The number of methoxy groups -OCH3 is 1. The van der Waals surface area contributed by atoms with Gasteiger partial charge in [0.1, 0.15) is 5.82 Å². The lowest BCUT2D eigenvalue weighted by Crippen LogP contribution is -2.15. The number of carbonyl (C=O) groups excluding carboxylic acids is 1. The van der Waals surface area contributed by atoms with Gasteiger partial charge in [-0.25, -0.2) is 9.97 Å². The third kappa shape index (κ3) is 3.88. The van der Waals surface area contributed by atoms with Crippen LogP contribution in [0.5, 0.6) is 5.88 Å². The lowest BCUT2D eigenvalue weighted by Gasteiger charge is -2.07. The Morgan fingerprint density at radius 2 is 2.14 bits per heavy atom. The van der Waals surface area contributed by atoms with E-state index >= 15 is 0 Å². The molecule has 0 aliphatic carbocycles. The SMILES string of the molecule is CCNc1ccc(C(=O)Nc2nc(C)cc(OC)n2)cn1. The summed E-state index contributed by atoms with van der Waals surface area (Å²) in [6, 6.07) is 5.12. The Kier molecular flexibility index (Phi) is 4.65. The van der Waals surface area contributed by atoms with Crippen molar-refractivity contribution in [3.63, 3.8) is 0 Å². The molecule has 7 nitrogen and oxygen atoms in total. The smallest absolute Gasteiger partial charge is 0.259 e. The van der Waals surface area contributed by atoms with Gasteiger partial charge in [0.15, 0.2) is 0 Å². The van der Waals surface area contributed by atoms with Crippen molar-refractivity contribution >= 4 is 17.7 Å². The first-order valence-corrected chi connectivity index (χ1v) is 6.53. The predicted molar refractivity (Wildman–Crippen MR) is 79.7 cm³/mol. The fourth-order valence-electron chi connectivity index (χ4n) is 1.69. The number of hydrogen-bond donors (Lipinski definition) is 2. The van der Waals surface area contributed by atoms with Crippen LogP contribution in [0.1, 0.15) is 23.0 Å². The second kappa shape index (κ2) is 6.65. The molecule has 0 saturated heterocycles. The van der Waals surface area contributed by atoms with E-state index in [0.29, 0.717) is 17.1 Å². The second-order valence-electron chi connectivity index (χ2n) is 4.29. The molecule has 2 aromatic rings. The van der Waals surface area contributed by atoms with Crippen LogP contribution in [-0.4, -0.2) is 34.5 Å². The van der Waals surface area contributed by atoms with E-state index in [0.717, 1.165) is 12.4 Å². The maximum atomic E-state index is 12.1. The number of nitrogens with one attached hydrogen (secondary N) is 2. The molecule has 110 valence electrons. The molecule has 0 aliphatic rings. The average molecular weight is 287 g/mol. The summed E-state index contributed by atoms with van der Waals surface area (Å²) in [5.74, 6) is 1.01. The third-order valence-corrected chi connectivity index (χ3v) is 2.65. The van der Waals surface area contributed by atoms with E-state index < -0.39 is 0 Å².